The van der Waals surface area contributed by atoms with Gasteiger partial charge in [-0.1, -0.05) is 42.0 Å². The molecule has 2 heteroatoms. The molecule has 0 saturated heterocycles. The van der Waals surface area contributed by atoms with Crippen LogP contribution in [0.5, 0.6) is 0 Å². The van der Waals surface area contributed by atoms with Crippen LogP contribution in [-0.4, -0.2) is 19.2 Å². The summed E-state index contributed by atoms with van der Waals surface area (Å²) in [6.45, 7) is 2.04. The molecule has 0 aromatic heterocycles. The van der Waals surface area contributed by atoms with Crippen molar-refractivity contribution in [2.45, 2.75) is 13.0 Å². The van der Waals surface area contributed by atoms with E-state index < -0.39 is 6.10 Å². The number of nitrogens with zero attached hydrogens (tertiary/aromatic N) is 1. The van der Waals surface area contributed by atoms with Crippen molar-refractivity contribution in [2.75, 3.05) is 19.0 Å². The molecule has 0 spiro atoms. The van der Waals surface area contributed by atoms with Gasteiger partial charge in [0.15, 0.2) is 0 Å². The fraction of sp³-hybridized carbons (Fsp3) is 0.250. The Hall–Kier alpha value is -1.80. The molecule has 0 radical (unpaired) electrons. The molecule has 1 N–H and O–H groups in total. The maximum Gasteiger partial charge on any atom is 0.104 e. The first kappa shape index (κ1) is 12.7. The average Bonchev–Trinajstić information content (AvgIpc) is 2.39. The summed E-state index contributed by atoms with van der Waals surface area (Å²) in [6.07, 6.45) is -0.554. The predicted molar refractivity (Wildman–Crippen MR) is 76.0 cm³/mol. The quantitative estimate of drug-likeness (QED) is 0.892. The van der Waals surface area contributed by atoms with Crippen molar-refractivity contribution in [1.82, 2.24) is 0 Å². The molecule has 0 amide bonds. The van der Waals surface area contributed by atoms with Crippen molar-refractivity contribution in [2.24, 2.45) is 0 Å². The molecule has 1 atom stereocenters. The highest BCUT2D eigenvalue weighted by atomic mass is 16.3. The van der Waals surface area contributed by atoms with Crippen molar-refractivity contribution in [3.63, 3.8) is 0 Å². The summed E-state index contributed by atoms with van der Waals surface area (Å²) in [4.78, 5) is 2.04. The van der Waals surface area contributed by atoms with Crippen LogP contribution in [0.3, 0.4) is 0 Å². The Kier molecular flexibility index (Phi) is 3.68. The number of rotatable bonds is 3. The van der Waals surface area contributed by atoms with Crippen LogP contribution in [0.15, 0.2) is 48.5 Å². The lowest BCUT2D eigenvalue weighted by atomic mass is 10.0. The third kappa shape index (κ3) is 2.71. The fourth-order valence-corrected chi connectivity index (χ4v) is 1.90. The Bertz CT molecular complexity index is 500. The molecular formula is C16H19NO. The third-order valence-corrected chi connectivity index (χ3v) is 3.12. The first-order valence-corrected chi connectivity index (χ1v) is 6.10. The van der Waals surface area contributed by atoms with Crippen LogP contribution in [0.1, 0.15) is 22.8 Å². The third-order valence-electron chi connectivity index (χ3n) is 3.12. The monoisotopic (exact) mass is 241 g/mol. The van der Waals surface area contributed by atoms with E-state index in [1.807, 2.05) is 74.4 Å². The fourth-order valence-electron chi connectivity index (χ4n) is 1.90. The van der Waals surface area contributed by atoms with Gasteiger partial charge in [-0.15, -0.1) is 0 Å². The normalized spacial score (nSPS) is 12.2. The van der Waals surface area contributed by atoms with E-state index in [1.54, 1.807) is 0 Å². The van der Waals surface area contributed by atoms with E-state index in [0.29, 0.717) is 0 Å². The summed E-state index contributed by atoms with van der Waals surface area (Å²) >= 11 is 0. The van der Waals surface area contributed by atoms with Gasteiger partial charge in [-0.05, 0) is 30.2 Å². The number of hydrogen-bond donors (Lipinski definition) is 1. The van der Waals surface area contributed by atoms with Crippen LogP contribution in [0.25, 0.3) is 0 Å². The standard InChI is InChI=1S/C16H19NO/c1-12-4-6-13(7-5-12)16(18)14-8-10-15(11-9-14)17(2)3/h4-11,16,18H,1-3H3. The molecule has 0 fully saturated rings. The van der Waals surface area contributed by atoms with Crippen LogP contribution in [-0.2, 0) is 0 Å². The van der Waals surface area contributed by atoms with E-state index in [1.165, 1.54) is 5.56 Å². The van der Waals surface area contributed by atoms with Crippen LogP contribution >= 0.6 is 0 Å². The van der Waals surface area contributed by atoms with Crippen LogP contribution in [0, 0.1) is 6.92 Å². The zero-order valence-corrected chi connectivity index (χ0v) is 11.1. The molecule has 0 heterocycles. The number of aryl methyl sites for hydroxylation is 1. The molecule has 0 aliphatic carbocycles. The maximum atomic E-state index is 10.3. The van der Waals surface area contributed by atoms with Gasteiger partial charge in [-0.2, -0.15) is 0 Å². The van der Waals surface area contributed by atoms with E-state index >= 15 is 0 Å². The Morgan fingerprint density at radius 1 is 0.833 bits per heavy atom. The van der Waals surface area contributed by atoms with Crippen molar-refractivity contribution >= 4 is 5.69 Å². The van der Waals surface area contributed by atoms with E-state index in [0.717, 1.165) is 16.8 Å². The first-order valence-electron chi connectivity index (χ1n) is 6.10. The van der Waals surface area contributed by atoms with Gasteiger partial charge in [-0.25, -0.2) is 0 Å². The summed E-state index contributed by atoms with van der Waals surface area (Å²) in [7, 11) is 4.01. The second-order valence-corrected chi connectivity index (χ2v) is 4.80. The number of anilines is 1. The maximum absolute atomic E-state index is 10.3. The lowest BCUT2D eigenvalue weighted by Crippen LogP contribution is -2.08. The van der Waals surface area contributed by atoms with Crippen molar-refractivity contribution in [3.05, 3.63) is 65.2 Å². The second-order valence-electron chi connectivity index (χ2n) is 4.80. The summed E-state index contributed by atoms with van der Waals surface area (Å²) in [5.41, 5.74) is 4.19. The zero-order valence-electron chi connectivity index (χ0n) is 11.1. The number of aliphatic hydroxyl groups excluding tert-OH is 1. The van der Waals surface area contributed by atoms with E-state index in [9.17, 15) is 5.11 Å². The summed E-state index contributed by atoms with van der Waals surface area (Å²) in [6, 6.07) is 16.0. The predicted octanol–water partition coefficient (Wildman–Crippen LogP) is 3.14. The van der Waals surface area contributed by atoms with Gasteiger partial charge >= 0.3 is 0 Å². The van der Waals surface area contributed by atoms with Gasteiger partial charge in [0.25, 0.3) is 0 Å². The molecule has 2 rings (SSSR count). The molecule has 0 aliphatic rings. The number of aliphatic hydroxyl groups is 1. The number of benzene rings is 2. The Morgan fingerprint density at radius 3 is 1.72 bits per heavy atom. The summed E-state index contributed by atoms with van der Waals surface area (Å²) < 4.78 is 0. The van der Waals surface area contributed by atoms with Crippen LogP contribution in [0.4, 0.5) is 5.69 Å². The molecule has 0 bridgehead atoms. The minimum Gasteiger partial charge on any atom is -0.384 e. The van der Waals surface area contributed by atoms with Crippen molar-refractivity contribution < 1.29 is 5.11 Å². The van der Waals surface area contributed by atoms with Gasteiger partial charge in [0, 0.05) is 19.8 Å². The molecule has 2 aromatic rings. The Morgan fingerprint density at radius 2 is 1.28 bits per heavy atom. The smallest absolute Gasteiger partial charge is 0.104 e. The lowest BCUT2D eigenvalue weighted by molar-refractivity contribution is 0.220. The van der Waals surface area contributed by atoms with E-state index in [4.69, 9.17) is 0 Å². The highest BCUT2D eigenvalue weighted by Crippen LogP contribution is 2.24. The minimum absolute atomic E-state index is 0.554. The molecule has 2 nitrogen and oxygen atoms in total. The van der Waals surface area contributed by atoms with Crippen molar-refractivity contribution in [3.8, 4) is 0 Å². The van der Waals surface area contributed by atoms with E-state index in [-0.39, 0.29) is 0 Å². The molecular weight excluding hydrogens is 222 g/mol. The average molecular weight is 241 g/mol. The SMILES string of the molecule is Cc1ccc(C(O)c2ccc(N(C)C)cc2)cc1. The molecule has 0 aliphatic heterocycles. The highest BCUT2D eigenvalue weighted by Gasteiger charge is 2.09. The van der Waals surface area contributed by atoms with Crippen LogP contribution < -0.4 is 4.90 Å². The second kappa shape index (κ2) is 5.23. The largest absolute Gasteiger partial charge is 0.384 e. The Balaban J connectivity index is 2.23. The van der Waals surface area contributed by atoms with Gasteiger partial charge in [0.1, 0.15) is 6.10 Å². The summed E-state index contributed by atoms with van der Waals surface area (Å²) in [5, 5.41) is 10.3. The van der Waals surface area contributed by atoms with Gasteiger partial charge in [0.05, 0.1) is 0 Å². The minimum atomic E-state index is -0.554. The molecule has 2 aromatic carbocycles. The first-order chi connectivity index (χ1) is 8.58. The molecule has 18 heavy (non-hydrogen) atoms. The molecule has 0 saturated carbocycles. The number of hydrogen-bond acceptors (Lipinski definition) is 2. The topological polar surface area (TPSA) is 23.5 Å². The van der Waals surface area contributed by atoms with Gasteiger partial charge in [0.2, 0.25) is 0 Å². The molecule has 94 valence electrons. The summed E-state index contributed by atoms with van der Waals surface area (Å²) in [5.74, 6) is 0. The molecule has 1 unspecified atom stereocenters. The van der Waals surface area contributed by atoms with Gasteiger partial charge in [-0.3, -0.25) is 0 Å². The Labute approximate surface area is 109 Å². The van der Waals surface area contributed by atoms with E-state index in [2.05, 4.69) is 0 Å². The van der Waals surface area contributed by atoms with Gasteiger partial charge < -0.3 is 10.0 Å². The highest BCUT2D eigenvalue weighted by molar-refractivity contribution is 5.47. The zero-order chi connectivity index (χ0) is 13.1. The van der Waals surface area contributed by atoms with Crippen molar-refractivity contribution in [1.29, 1.82) is 0 Å². The lowest BCUT2D eigenvalue weighted by Gasteiger charge is -2.15. The van der Waals surface area contributed by atoms with Crippen LogP contribution in [0.2, 0.25) is 0 Å².